The van der Waals surface area contributed by atoms with Gasteiger partial charge in [0.15, 0.2) is 0 Å². The van der Waals surface area contributed by atoms with E-state index in [1.807, 2.05) is 0 Å². The molecule has 0 fully saturated rings. The summed E-state index contributed by atoms with van der Waals surface area (Å²) >= 11 is 0. The summed E-state index contributed by atoms with van der Waals surface area (Å²) in [6.07, 6.45) is 5.56. The highest BCUT2D eigenvalue weighted by molar-refractivity contribution is 5.78. The van der Waals surface area contributed by atoms with Gasteiger partial charge in [-0.25, -0.2) is 0 Å². The van der Waals surface area contributed by atoms with Crippen molar-refractivity contribution in [1.82, 2.24) is 10.6 Å². The Labute approximate surface area is 82.9 Å². The second-order valence-electron chi connectivity index (χ2n) is 2.65. The fourth-order valence-electron chi connectivity index (χ4n) is 0.779. The van der Waals surface area contributed by atoms with Gasteiger partial charge in [-0.15, -0.1) is 6.42 Å². The standard InChI is InChI=1S/C9H14N2O3/c1-2-5-11-8(12)7-10-6-3-4-9(13)14/h1,10H,3-7H2,(H,11,12)(H,13,14). The number of carbonyl (C=O) groups is 2. The van der Waals surface area contributed by atoms with E-state index in [1.165, 1.54) is 0 Å². The van der Waals surface area contributed by atoms with Gasteiger partial charge in [0.05, 0.1) is 13.1 Å². The number of hydrogen-bond donors (Lipinski definition) is 3. The lowest BCUT2D eigenvalue weighted by molar-refractivity contribution is -0.137. The molecule has 0 radical (unpaired) electrons. The zero-order valence-corrected chi connectivity index (χ0v) is 7.88. The van der Waals surface area contributed by atoms with Crippen LogP contribution in [0.1, 0.15) is 12.8 Å². The number of amides is 1. The molecule has 0 aliphatic heterocycles. The molecule has 78 valence electrons. The van der Waals surface area contributed by atoms with Crippen molar-refractivity contribution in [2.45, 2.75) is 12.8 Å². The van der Waals surface area contributed by atoms with Gasteiger partial charge in [-0.05, 0) is 13.0 Å². The first-order chi connectivity index (χ1) is 6.66. The average molecular weight is 198 g/mol. The number of rotatable bonds is 7. The van der Waals surface area contributed by atoms with Crippen LogP contribution in [0.15, 0.2) is 0 Å². The minimum atomic E-state index is -0.830. The Balaban J connectivity index is 3.24. The van der Waals surface area contributed by atoms with E-state index < -0.39 is 5.97 Å². The van der Waals surface area contributed by atoms with Crippen molar-refractivity contribution >= 4 is 11.9 Å². The Morgan fingerprint density at radius 1 is 1.43 bits per heavy atom. The Bertz CT molecular complexity index is 233. The molecule has 0 aromatic carbocycles. The first kappa shape index (κ1) is 12.5. The first-order valence-electron chi connectivity index (χ1n) is 4.29. The molecule has 14 heavy (non-hydrogen) atoms. The monoisotopic (exact) mass is 198 g/mol. The lowest BCUT2D eigenvalue weighted by atomic mass is 10.3. The smallest absolute Gasteiger partial charge is 0.303 e. The van der Waals surface area contributed by atoms with Crippen molar-refractivity contribution in [2.75, 3.05) is 19.6 Å². The number of carbonyl (C=O) groups excluding carboxylic acids is 1. The summed E-state index contributed by atoms with van der Waals surface area (Å²) in [7, 11) is 0. The van der Waals surface area contributed by atoms with Crippen molar-refractivity contribution in [2.24, 2.45) is 0 Å². The van der Waals surface area contributed by atoms with Gasteiger partial charge >= 0.3 is 5.97 Å². The summed E-state index contributed by atoms with van der Waals surface area (Å²) in [4.78, 5) is 21.0. The number of nitrogens with one attached hydrogen (secondary N) is 2. The summed E-state index contributed by atoms with van der Waals surface area (Å²) < 4.78 is 0. The van der Waals surface area contributed by atoms with Crippen LogP contribution >= 0.6 is 0 Å². The maximum absolute atomic E-state index is 10.9. The van der Waals surface area contributed by atoms with Crippen LogP contribution < -0.4 is 10.6 Å². The Kier molecular flexibility index (Phi) is 7.19. The van der Waals surface area contributed by atoms with Crippen LogP contribution in [0.5, 0.6) is 0 Å². The molecule has 0 atom stereocenters. The minimum Gasteiger partial charge on any atom is -0.481 e. The molecule has 0 aliphatic rings. The number of carboxylic acids is 1. The summed E-state index contributed by atoms with van der Waals surface area (Å²) in [5, 5.41) is 13.6. The van der Waals surface area contributed by atoms with Crippen molar-refractivity contribution in [1.29, 1.82) is 0 Å². The van der Waals surface area contributed by atoms with Crippen LogP contribution in [0, 0.1) is 12.3 Å². The van der Waals surface area contributed by atoms with Crippen molar-refractivity contribution < 1.29 is 14.7 Å². The van der Waals surface area contributed by atoms with Gasteiger partial charge in [0.2, 0.25) is 5.91 Å². The van der Waals surface area contributed by atoms with E-state index in [0.29, 0.717) is 13.0 Å². The molecule has 0 aromatic rings. The van der Waals surface area contributed by atoms with Crippen molar-refractivity contribution in [3.05, 3.63) is 0 Å². The second-order valence-corrected chi connectivity index (χ2v) is 2.65. The normalized spacial score (nSPS) is 9.07. The molecular weight excluding hydrogens is 184 g/mol. The van der Waals surface area contributed by atoms with Gasteiger partial charge in [-0.1, -0.05) is 5.92 Å². The third kappa shape index (κ3) is 8.56. The summed E-state index contributed by atoms with van der Waals surface area (Å²) in [6, 6.07) is 0. The van der Waals surface area contributed by atoms with Crippen LogP contribution in [-0.2, 0) is 9.59 Å². The summed E-state index contributed by atoms with van der Waals surface area (Å²) in [6.45, 7) is 0.896. The molecule has 0 saturated heterocycles. The molecule has 0 unspecified atom stereocenters. The van der Waals surface area contributed by atoms with Gasteiger partial charge in [-0.3, -0.25) is 9.59 Å². The SMILES string of the molecule is C#CCNC(=O)CNCCCC(=O)O. The van der Waals surface area contributed by atoms with E-state index in [-0.39, 0.29) is 25.4 Å². The fraction of sp³-hybridized carbons (Fsp3) is 0.556. The Morgan fingerprint density at radius 3 is 2.71 bits per heavy atom. The Morgan fingerprint density at radius 2 is 2.14 bits per heavy atom. The van der Waals surface area contributed by atoms with Crippen LogP contribution in [0.4, 0.5) is 0 Å². The van der Waals surface area contributed by atoms with E-state index in [4.69, 9.17) is 11.5 Å². The van der Waals surface area contributed by atoms with Gasteiger partial charge in [-0.2, -0.15) is 0 Å². The molecule has 5 nitrogen and oxygen atoms in total. The molecular formula is C9H14N2O3. The molecule has 0 saturated carbocycles. The van der Waals surface area contributed by atoms with Crippen molar-refractivity contribution in [3.8, 4) is 12.3 Å². The van der Waals surface area contributed by atoms with Gasteiger partial charge < -0.3 is 15.7 Å². The highest BCUT2D eigenvalue weighted by Gasteiger charge is 1.99. The quantitative estimate of drug-likeness (QED) is 0.369. The number of carboxylic acid groups (broad SMARTS) is 1. The van der Waals surface area contributed by atoms with Gasteiger partial charge in [0, 0.05) is 6.42 Å². The third-order valence-corrected chi connectivity index (χ3v) is 1.42. The number of terminal acetylenes is 1. The zero-order chi connectivity index (χ0) is 10.8. The lowest BCUT2D eigenvalue weighted by Gasteiger charge is -2.02. The average Bonchev–Trinajstić information content (AvgIpc) is 2.13. The molecule has 3 N–H and O–H groups in total. The second kappa shape index (κ2) is 8.08. The largest absolute Gasteiger partial charge is 0.481 e. The topological polar surface area (TPSA) is 78.4 Å². The van der Waals surface area contributed by atoms with E-state index in [0.717, 1.165) is 0 Å². The van der Waals surface area contributed by atoms with Crippen LogP contribution in [0.3, 0.4) is 0 Å². The van der Waals surface area contributed by atoms with E-state index in [9.17, 15) is 9.59 Å². The van der Waals surface area contributed by atoms with Crippen LogP contribution in [0.2, 0.25) is 0 Å². The lowest BCUT2D eigenvalue weighted by Crippen LogP contribution is -2.34. The number of aliphatic carboxylic acids is 1. The molecule has 0 rings (SSSR count). The molecule has 0 aromatic heterocycles. The van der Waals surface area contributed by atoms with Crippen molar-refractivity contribution in [3.63, 3.8) is 0 Å². The highest BCUT2D eigenvalue weighted by atomic mass is 16.4. The molecule has 1 amide bonds. The van der Waals surface area contributed by atoms with E-state index >= 15 is 0 Å². The molecule has 0 heterocycles. The molecule has 5 heteroatoms. The summed E-state index contributed by atoms with van der Waals surface area (Å²) in [5.74, 6) is 1.27. The Hall–Kier alpha value is -1.54. The van der Waals surface area contributed by atoms with E-state index in [2.05, 4.69) is 16.6 Å². The predicted molar refractivity (Wildman–Crippen MR) is 51.6 cm³/mol. The summed E-state index contributed by atoms with van der Waals surface area (Å²) in [5.41, 5.74) is 0. The number of hydrogen-bond acceptors (Lipinski definition) is 3. The van der Waals surface area contributed by atoms with Crippen LogP contribution in [-0.4, -0.2) is 36.6 Å². The van der Waals surface area contributed by atoms with Gasteiger partial charge in [0.25, 0.3) is 0 Å². The fourth-order valence-corrected chi connectivity index (χ4v) is 0.779. The minimum absolute atomic E-state index is 0.110. The molecule has 0 spiro atoms. The van der Waals surface area contributed by atoms with E-state index in [1.54, 1.807) is 0 Å². The molecule has 0 aliphatic carbocycles. The first-order valence-corrected chi connectivity index (χ1v) is 4.29. The zero-order valence-electron chi connectivity index (χ0n) is 7.88. The van der Waals surface area contributed by atoms with Gasteiger partial charge in [0.1, 0.15) is 0 Å². The molecule has 0 bridgehead atoms. The maximum atomic E-state index is 10.9. The maximum Gasteiger partial charge on any atom is 0.303 e. The van der Waals surface area contributed by atoms with Crippen LogP contribution in [0.25, 0.3) is 0 Å². The highest BCUT2D eigenvalue weighted by Crippen LogP contribution is 1.85. The predicted octanol–water partition coefficient (Wildman–Crippen LogP) is -0.810. The third-order valence-electron chi connectivity index (χ3n) is 1.42.